The topological polar surface area (TPSA) is 105 Å². The lowest BCUT2D eigenvalue weighted by Crippen LogP contribution is -2.45. The van der Waals surface area contributed by atoms with Gasteiger partial charge in [-0.05, 0) is 19.3 Å². The van der Waals surface area contributed by atoms with Gasteiger partial charge in [-0.15, -0.1) is 0 Å². The van der Waals surface area contributed by atoms with Crippen LogP contribution in [0.1, 0.15) is 129 Å². The molecule has 0 bridgehead atoms. The van der Waals surface area contributed by atoms with Gasteiger partial charge in [0.1, 0.15) is 13.2 Å². The van der Waals surface area contributed by atoms with Crippen LogP contribution in [0.4, 0.5) is 0 Å². The number of phosphoric ester groups is 1. The van der Waals surface area contributed by atoms with Gasteiger partial charge in [-0.1, -0.05) is 116 Å². The van der Waals surface area contributed by atoms with Crippen LogP contribution in [0.15, 0.2) is 12.2 Å². The highest BCUT2D eigenvalue weighted by Gasteiger charge is 2.27. The summed E-state index contributed by atoms with van der Waals surface area (Å²) < 4.78 is 23.0. The molecule has 0 rings (SSSR count). The predicted molar refractivity (Wildman–Crippen MR) is 166 cm³/mol. The second-order valence-corrected chi connectivity index (χ2v) is 13.6. The van der Waals surface area contributed by atoms with Gasteiger partial charge < -0.3 is 19.8 Å². The molecule has 0 heterocycles. The number of likely N-dealkylation sites (N-methyl/N-ethyl adjacent to an activating group) is 1. The average molecular weight is 592 g/mol. The summed E-state index contributed by atoms with van der Waals surface area (Å²) in [4.78, 5) is 22.1. The van der Waals surface area contributed by atoms with Crippen LogP contribution in [0, 0.1) is 0 Å². The molecule has 3 unspecified atom stereocenters. The molecule has 8 nitrogen and oxygen atoms in total. The first-order chi connectivity index (χ1) is 19.0. The van der Waals surface area contributed by atoms with Gasteiger partial charge in [0.2, 0.25) is 5.91 Å². The van der Waals surface area contributed by atoms with Crippen molar-refractivity contribution in [2.75, 3.05) is 40.9 Å². The third-order valence-electron chi connectivity index (χ3n) is 6.98. The molecule has 0 aromatic heterocycles. The van der Waals surface area contributed by atoms with E-state index in [2.05, 4.69) is 12.2 Å². The molecule has 0 aliphatic heterocycles. The van der Waals surface area contributed by atoms with E-state index in [0.717, 1.165) is 19.3 Å². The summed E-state index contributed by atoms with van der Waals surface area (Å²) >= 11 is 0. The molecule has 0 aliphatic carbocycles. The molecule has 0 saturated carbocycles. The van der Waals surface area contributed by atoms with E-state index in [1.54, 1.807) is 6.08 Å². The van der Waals surface area contributed by atoms with Crippen LogP contribution in [0.5, 0.6) is 0 Å². The van der Waals surface area contributed by atoms with Gasteiger partial charge in [0.25, 0.3) is 0 Å². The van der Waals surface area contributed by atoms with Crippen molar-refractivity contribution in [3.05, 3.63) is 12.2 Å². The maximum absolute atomic E-state index is 12.3. The maximum Gasteiger partial charge on any atom is 0.472 e. The summed E-state index contributed by atoms with van der Waals surface area (Å²) in [5.74, 6) is -0.232. The zero-order valence-corrected chi connectivity index (χ0v) is 27.5. The molecule has 40 heavy (non-hydrogen) atoms. The second kappa shape index (κ2) is 24.8. The molecule has 0 fully saturated rings. The molecule has 0 aromatic rings. The van der Waals surface area contributed by atoms with Gasteiger partial charge >= 0.3 is 7.82 Å². The number of nitrogens with one attached hydrogen (secondary N) is 1. The lowest BCUT2D eigenvalue weighted by atomic mass is 10.0. The normalized spacial score (nSPS) is 15.3. The van der Waals surface area contributed by atoms with E-state index in [9.17, 15) is 19.4 Å². The molecule has 0 aliphatic rings. The van der Waals surface area contributed by atoms with Crippen LogP contribution < -0.4 is 5.32 Å². The molecule has 0 radical (unpaired) electrons. The van der Waals surface area contributed by atoms with Crippen LogP contribution in [-0.2, 0) is 18.4 Å². The highest BCUT2D eigenvalue weighted by molar-refractivity contribution is 7.47. The van der Waals surface area contributed by atoms with Crippen LogP contribution in [0.3, 0.4) is 0 Å². The van der Waals surface area contributed by atoms with Crippen molar-refractivity contribution in [3.8, 4) is 0 Å². The van der Waals surface area contributed by atoms with Crippen molar-refractivity contribution in [2.45, 2.75) is 142 Å². The lowest BCUT2D eigenvalue weighted by Gasteiger charge is -2.25. The number of carbonyl (C=O) groups excluding carboxylic acids is 1. The number of nitrogens with zero attached hydrogens (tertiary/aromatic N) is 1. The van der Waals surface area contributed by atoms with Gasteiger partial charge in [0, 0.05) is 6.42 Å². The number of carbonyl (C=O) groups is 1. The van der Waals surface area contributed by atoms with E-state index in [1.807, 2.05) is 34.1 Å². The number of aliphatic hydroxyl groups excluding tert-OH is 1. The predicted octanol–water partition coefficient (Wildman–Crippen LogP) is 7.29. The summed E-state index contributed by atoms with van der Waals surface area (Å²) in [5.41, 5.74) is 0. The molecule has 3 atom stereocenters. The Morgan fingerprint density at radius 2 is 1.32 bits per heavy atom. The van der Waals surface area contributed by atoms with Crippen LogP contribution in [0.25, 0.3) is 0 Å². The van der Waals surface area contributed by atoms with Crippen molar-refractivity contribution >= 4 is 13.7 Å². The summed E-state index contributed by atoms with van der Waals surface area (Å²) in [6.45, 7) is 4.43. The highest BCUT2D eigenvalue weighted by atomic mass is 31.2. The van der Waals surface area contributed by atoms with Gasteiger partial charge in [0.15, 0.2) is 0 Å². The van der Waals surface area contributed by atoms with Crippen LogP contribution in [-0.4, -0.2) is 73.4 Å². The number of amides is 1. The Morgan fingerprint density at radius 3 is 1.80 bits per heavy atom. The molecular weight excluding hydrogens is 527 g/mol. The van der Waals surface area contributed by atoms with E-state index in [-0.39, 0.29) is 19.1 Å². The van der Waals surface area contributed by atoms with Crippen molar-refractivity contribution in [1.82, 2.24) is 5.32 Å². The average Bonchev–Trinajstić information content (AvgIpc) is 2.87. The maximum atomic E-state index is 12.3. The third kappa shape index (κ3) is 26.2. The zero-order valence-electron chi connectivity index (χ0n) is 26.6. The Kier molecular flexibility index (Phi) is 24.3. The number of phosphoric acid groups is 1. The van der Waals surface area contributed by atoms with Crippen LogP contribution in [0.2, 0.25) is 0 Å². The molecule has 0 aromatic carbocycles. The Labute approximate surface area is 246 Å². The molecule has 0 saturated heterocycles. The molecule has 0 spiro atoms. The van der Waals surface area contributed by atoms with Gasteiger partial charge in [0.05, 0.1) is 39.9 Å². The number of allylic oxidation sites excluding steroid dienone is 1. The molecule has 238 valence electrons. The van der Waals surface area contributed by atoms with E-state index in [0.29, 0.717) is 23.9 Å². The van der Waals surface area contributed by atoms with Crippen molar-refractivity contribution in [2.24, 2.45) is 0 Å². The smallest absolute Gasteiger partial charge is 0.387 e. The molecular formula is C31H64N2O6P+. The molecule has 3 N–H and O–H groups in total. The summed E-state index contributed by atoms with van der Waals surface area (Å²) in [6.07, 6.45) is 24.2. The lowest BCUT2D eigenvalue weighted by molar-refractivity contribution is -0.870. The van der Waals surface area contributed by atoms with Crippen LogP contribution >= 0.6 is 7.82 Å². The van der Waals surface area contributed by atoms with Crippen molar-refractivity contribution in [3.63, 3.8) is 0 Å². The minimum absolute atomic E-state index is 0.0614. The summed E-state index contributed by atoms with van der Waals surface area (Å²) in [7, 11) is 1.56. The second-order valence-electron chi connectivity index (χ2n) is 12.2. The van der Waals surface area contributed by atoms with E-state index in [4.69, 9.17) is 9.05 Å². The SMILES string of the molecule is CCCCCCCCCCCCCCCCC/C=C/C(O)C(COP(=O)(O)OCC[N+](C)(C)C)NC(=O)CCC. The number of hydrogen-bond donors (Lipinski definition) is 3. The minimum Gasteiger partial charge on any atom is -0.387 e. The highest BCUT2D eigenvalue weighted by Crippen LogP contribution is 2.43. The number of quaternary nitrogens is 1. The summed E-state index contributed by atoms with van der Waals surface area (Å²) in [5, 5.41) is 13.4. The fraction of sp³-hybridized carbons (Fsp3) is 0.903. The Morgan fingerprint density at radius 1 is 0.825 bits per heavy atom. The fourth-order valence-corrected chi connectivity index (χ4v) is 5.11. The standard InChI is InChI=1S/C31H63N2O6P/c1-6-8-9-10-11-12-13-14-15-16-17-18-19-20-21-22-23-25-30(34)29(32-31(35)24-7-2)28-39-40(36,37)38-27-26-33(3,4)5/h23,25,29-30,34H,6-22,24,26-28H2,1-5H3,(H-,32,35,36,37)/p+1/b25-23+. The van der Waals surface area contributed by atoms with E-state index >= 15 is 0 Å². The van der Waals surface area contributed by atoms with Gasteiger partial charge in [-0.3, -0.25) is 13.8 Å². The van der Waals surface area contributed by atoms with E-state index in [1.165, 1.54) is 83.5 Å². The largest absolute Gasteiger partial charge is 0.472 e. The number of aliphatic hydroxyl groups is 1. The van der Waals surface area contributed by atoms with E-state index < -0.39 is 20.0 Å². The van der Waals surface area contributed by atoms with Crippen molar-refractivity contribution in [1.29, 1.82) is 0 Å². The Hall–Kier alpha value is -0.760. The zero-order chi connectivity index (χ0) is 30.1. The first-order valence-corrected chi connectivity index (χ1v) is 17.6. The minimum atomic E-state index is -4.29. The number of rotatable bonds is 28. The van der Waals surface area contributed by atoms with Crippen molar-refractivity contribution < 1.29 is 32.9 Å². The Balaban J connectivity index is 4.16. The van der Waals surface area contributed by atoms with Gasteiger partial charge in [-0.2, -0.15) is 0 Å². The number of hydrogen-bond acceptors (Lipinski definition) is 5. The quantitative estimate of drug-likeness (QED) is 0.0382. The monoisotopic (exact) mass is 591 g/mol. The van der Waals surface area contributed by atoms with Gasteiger partial charge in [-0.25, -0.2) is 4.57 Å². The Bertz CT molecular complexity index is 683. The summed E-state index contributed by atoms with van der Waals surface area (Å²) in [6, 6.07) is -0.834. The molecule has 1 amide bonds. The third-order valence-corrected chi connectivity index (χ3v) is 7.96. The first kappa shape index (κ1) is 39.2. The molecule has 9 heteroatoms. The fourth-order valence-electron chi connectivity index (χ4n) is 4.38. The first-order valence-electron chi connectivity index (χ1n) is 16.1. The number of unbranched alkanes of at least 4 members (excludes halogenated alkanes) is 15.